The number of hydrogen-bond acceptors (Lipinski definition) is 4. The van der Waals surface area contributed by atoms with E-state index in [-0.39, 0.29) is 6.10 Å². The molecule has 1 unspecified atom stereocenters. The molecular formula is C11H17NO3S2. The average molecular weight is 275 g/mol. The number of sulfonamides is 1. The van der Waals surface area contributed by atoms with Gasteiger partial charge in [-0.15, -0.1) is 11.3 Å². The molecule has 1 fully saturated rings. The lowest BCUT2D eigenvalue weighted by Gasteiger charge is -2.10. The second-order valence-corrected chi connectivity index (χ2v) is 7.22. The molecule has 6 heteroatoms. The second-order valence-electron chi connectivity index (χ2n) is 4.06. The van der Waals surface area contributed by atoms with E-state index in [9.17, 15) is 8.42 Å². The second kappa shape index (κ2) is 5.48. The molecule has 4 nitrogen and oxygen atoms in total. The molecule has 17 heavy (non-hydrogen) atoms. The molecule has 1 aromatic heterocycles. The zero-order valence-corrected chi connectivity index (χ0v) is 11.4. The first kappa shape index (κ1) is 13.0. The topological polar surface area (TPSA) is 55.4 Å². The molecule has 2 rings (SSSR count). The van der Waals surface area contributed by atoms with Gasteiger partial charge >= 0.3 is 0 Å². The Bertz CT molecular complexity index is 461. The highest BCUT2D eigenvalue weighted by Crippen LogP contribution is 2.22. The van der Waals surface area contributed by atoms with Crippen molar-refractivity contribution in [2.45, 2.75) is 36.5 Å². The standard InChI is InChI=1S/C11H17NO3S2/c1-2-10-5-6-11(16-10)17(13,14)12-8-9-4-3-7-15-9/h5-6,9,12H,2-4,7-8H2,1H3. The van der Waals surface area contributed by atoms with Crippen LogP contribution < -0.4 is 4.72 Å². The summed E-state index contributed by atoms with van der Waals surface area (Å²) in [6, 6.07) is 3.53. The Morgan fingerprint density at radius 3 is 2.94 bits per heavy atom. The van der Waals surface area contributed by atoms with Gasteiger partial charge in [0, 0.05) is 18.0 Å². The Labute approximate surface area is 106 Å². The Morgan fingerprint density at radius 1 is 1.53 bits per heavy atom. The van der Waals surface area contributed by atoms with Crippen LogP contribution in [0, 0.1) is 0 Å². The molecule has 1 aromatic rings. The van der Waals surface area contributed by atoms with Gasteiger partial charge in [-0.2, -0.15) is 0 Å². The number of aryl methyl sites for hydroxylation is 1. The van der Waals surface area contributed by atoms with Crippen molar-refractivity contribution < 1.29 is 13.2 Å². The van der Waals surface area contributed by atoms with E-state index in [1.807, 2.05) is 13.0 Å². The summed E-state index contributed by atoms with van der Waals surface area (Å²) in [5.41, 5.74) is 0. The van der Waals surface area contributed by atoms with Gasteiger partial charge in [0.05, 0.1) is 6.10 Å². The van der Waals surface area contributed by atoms with Crippen molar-refractivity contribution in [2.24, 2.45) is 0 Å². The number of hydrogen-bond donors (Lipinski definition) is 1. The fraction of sp³-hybridized carbons (Fsp3) is 0.636. The predicted molar refractivity (Wildman–Crippen MR) is 67.9 cm³/mol. The summed E-state index contributed by atoms with van der Waals surface area (Å²) >= 11 is 1.33. The van der Waals surface area contributed by atoms with Gasteiger partial charge < -0.3 is 4.74 Å². The van der Waals surface area contributed by atoms with Crippen molar-refractivity contribution >= 4 is 21.4 Å². The van der Waals surface area contributed by atoms with Gasteiger partial charge in [0.2, 0.25) is 10.0 Å². The molecule has 0 bridgehead atoms. The van der Waals surface area contributed by atoms with Crippen molar-refractivity contribution in [1.82, 2.24) is 4.72 Å². The van der Waals surface area contributed by atoms with E-state index < -0.39 is 10.0 Å². The van der Waals surface area contributed by atoms with Crippen molar-refractivity contribution in [3.63, 3.8) is 0 Å². The fourth-order valence-corrected chi connectivity index (χ4v) is 4.18. The fourth-order valence-electron chi connectivity index (χ4n) is 1.77. The molecule has 0 radical (unpaired) electrons. The molecule has 0 amide bonds. The summed E-state index contributed by atoms with van der Waals surface area (Å²) < 4.78 is 32.3. The van der Waals surface area contributed by atoms with E-state index in [1.165, 1.54) is 11.3 Å². The van der Waals surface area contributed by atoms with E-state index >= 15 is 0 Å². The third-order valence-corrected chi connectivity index (χ3v) is 5.92. The van der Waals surface area contributed by atoms with Crippen molar-refractivity contribution in [2.75, 3.05) is 13.2 Å². The van der Waals surface area contributed by atoms with Gasteiger partial charge in [-0.3, -0.25) is 0 Å². The van der Waals surface area contributed by atoms with Gasteiger partial charge in [0.25, 0.3) is 0 Å². The van der Waals surface area contributed by atoms with Crippen LogP contribution in [-0.2, 0) is 21.2 Å². The molecule has 0 spiro atoms. The van der Waals surface area contributed by atoms with Crippen LogP contribution in [0.5, 0.6) is 0 Å². The molecule has 0 saturated carbocycles. The number of rotatable bonds is 5. The monoisotopic (exact) mass is 275 g/mol. The lowest BCUT2D eigenvalue weighted by Crippen LogP contribution is -2.31. The highest BCUT2D eigenvalue weighted by atomic mass is 32.2. The Hall–Kier alpha value is -0.430. The maximum absolute atomic E-state index is 12.0. The van der Waals surface area contributed by atoms with E-state index in [0.29, 0.717) is 10.8 Å². The van der Waals surface area contributed by atoms with E-state index in [4.69, 9.17) is 4.74 Å². The number of ether oxygens (including phenoxy) is 1. The molecule has 1 atom stereocenters. The van der Waals surface area contributed by atoms with Gasteiger partial charge in [-0.1, -0.05) is 6.92 Å². The lowest BCUT2D eigenvalue weighted by molar-refractivity contribution is 0.114. The van der Waals surface area contributed by atoms with Gasteiger partial charge in [-0.05, 0) is 31.4 Å². The normalized spacial score (nSPS) is 20.9. The van der Waals surface area contributed by atoms with Gasteiger partial charge in [0.15, 0.2) is 0 Å². The Balaban J connectivity index is 1.97. The maximum Gasteiger partial charge on any atom is 0.250 e. The average Bonchev–Trinajstić information content (AvgIpc) is 2.98. The van der Waals surface area contributed by atoms with E-state index in [0.717, 1.165) is 30.7 Å². The predicted octanol–water partition coefficient (Wildman–Crippen LogP) is 1.77. The molecule has 0 aromatic carbocycles. The molecule has 1 N–H and O–H groups in total. The van der Waals surface area contributed by atoms with Crippen LogP contribution in [0.3, 0.4) is 0 Å². The Kier molecular flexibility index (Phi) is 4.19. The number of thiophene rings is 1. The summed E-state index contributed by atoms with van der Waals surface area (Å²) in [7, 11) is -3.35. The van der Waals surface area contributed by atoms with Crippen molar-refractivity contribution in [3.8, 4) is 0 Å². The van der Waals surface area contributed by atoms with Crippen molar-refractivity contribution in [3.05, 3.63) is 17.0 Å². The first-order valence-corrected chi connectivity index (χ1v) is 8.12. The molecular weight excluding hydrogens is 258 g/mol. The lowest BCUT2D eigenvalue weighted by atomic mass is 10.2. The third kappa shape index (κ3) is 3.28. The summed E-state index contributed by atoms with van der Waals surface area (Å²) in [4.78, 5) is 1.09. The first-order valence-electron chi connectivity index (χ1n) is 5.82. The molecule has 96 valence electrons. The minimum atomic E-state index is -3.35. The highest BCUT2D eigenvalue weighted by molar-refractivity contribution is 7.91. The molecule has 1 aliphatic heterocycles. The molecule has 1 saturated heterocycles. The summed E-state index contributed by atoms with van der Waals surface area (Å²) in [5.74, 6) is 0. The number of nitrogens with one attached hydrogen (secondary N) is 1. The van der Waals surface area contributed by atoms with Crippen molar-refractivity contribution in [1.29, 1.82) is 0 Å². The molecule has 1 aliphatic rings. The molecule has 0 aliphatic carbocycles. The smallest absolute Gasteiger partial charge is 0.250 e. The van der Waals surface area contributed by atoms with Gasteiger partial charge in [0.1, 0.15) is 4.21 Å². The van der Waals surface area contributed by atoms with E-state index in [1.54, 1.807) is 6.07 Å². The van der Waals surface area contributed by atoms with Crippen LogP contribution in [-0.4, -0.2) is 27.7 Å². The van der Waals surface area contributed by atoms with E-state index in [2.05, 4.69) is 4.72 Å². The summed E-state index contributed by atoms with van der Waals surface area (Å²) in [6.07, 6.45) is 2.86. The van der Waals surface area contributed by atoms with Gasteiger partial charge in [-0.25, -0.2) is 13.1 Å². The van der Waals surface area contributed by atoms with Crippen LogP contribution in [0.1, 0.15) is 24.6 Å². The first-order chi connectivity index (χ1) is 8.12. The SMILES string of the molecule is CCc1ccc(S(=O)(=O)NCC2CCCO2)s1. The Morgan fingerprint density at radius 2 is 2.35 bits per heavy atom. The van der Waals surface area contributed by atoms with Crippen LogP contribution in [0.2, 0.25) is 0 Å². The highest BCUT2D eigenvalue weighted by Gasteiger charge is 2.21. The third-order valence-electron chi connectivity index (χ3n) is 2.78. The van der Waals surface area contributed by atoms with Crippen LogP contribution in [0.25, 0.3) is 0 Å². The summed E-state index contributed by atoms with van der Waals surface area (Å²) in [6.45, 7) is 3.13. The quantitative estimate of drug-likeness (QED) is 0.891. The zero-order valence-electron chi connectivity index (χ0n) is 9.81. The van der Waals surface area contributed by atoms with Crippen LogP contribution >= 0.6 is 11.3 Å². The molecule has 2 heterocycles. The minimum absolute atomic E-state index is 0.0374. The summed E-state index contributed by atoms with van der Waals surface area (Å²) in [5, 5.41) is 0. The zero-order chi connectivity index (χ0) is 12.3. The minimum Gasteiger partial charge on any atom is -0.377 e. The maximum atomic E-state index is 12.0. The largest absolute Gasteiger partial charge is 0.377 e. The van der Waals surface area contributed by atoms with Crippen LogP contribution in [0.15, 0.2) is 16.3 Å². The van der Waals surface area contributed by atoms with Crippen LogP contribution in [0.4, 0.5) is 0 Å².